The van der Waals surface area contributed by atoms with Crippen LogP contribution in [0.4, 0.5) is 10.5 Å². The molecule has 2 N–H and O–H groups in total. The summed E-state index contributed by atoms with van der Waals surface area (Å²) in [5, 5.41) is 6.75. The molecular formula is C22H28ClN3O. The van der Waals surface area contributed by atoms with Crippen molar-refractivity contribution in [1.82, 2.24) is 10.2 Å². The monoisotopic (exact) mass is 385 g/mol. The van der Waals surface area contributed by atoms with Gasteiger partial charge in [-0.25, -0.2) is 4.79 Å². The number of nitrogens with zero attached hydrogens (tertiary/aromatic N) is 1. The summed E-state index contributed by atoms with van der Waals surface area (Å²) in [5.74, 6) is 0.538. The third-order valence-corrected chi connectivity index (χ3v) is 5.31. The number of urea groups is 1. The smallest absolute Gasteiger partial charge is 0.319 e. The van der Waals surface area contributed by atoms with Crippen molar-refractivity contribution < 1.29 is 4.79 Å². The predicted molar refractivity (Wildman–Crippen MR) is 112 cm³/mol. The summed E-state index contributed by atoms with van der Waals surface area (Å²) in [7, 11) is 0. The Morgan fingerprint density at radius 1 is 1.07 bits per heavy atom. The first-order chi connectivity index (χ1) is 13.0. The number of aryl methyl sites for hydroxylation is 2. The molecule has 0 aromatic heterocycles. The molecule has 144 valence electrons. The fraction of sp³-hybridized carbons (Fsp3) is 0.409. The van der Waals surface area contributed by atoms with E-state index in [1.54, 1.807) is 0 Å². The molecule has 0 bridgehead atoms. The first-order valence-electron chi connectivity index (χ1n) is 9.58. The highest BCUT2D eigenvalue weighted by molar-refractivity contribution is 6.30. The molecule has 4 nitrogen and oxygen atoms in total. The zero-order valence-corrected chi connectivity index (χ0v) is 16.9. The Morgan fingerprint density at radius 2 is 1.70 bits per heavy atom. The number of carbonyl (C=O) groups excluding carboxylic acids is 1. The lowest BCUT2D eigenvalue weighted by atomic mass is 9.96. The number of rotatable bonds is 5. The van der Waals surface area contributed by atoms with Crippen LogP contribution in [-0.2, 0) is 6.54 Å². The summed E-state index contributed by atoms with van der Waals surface area (Å²) in [4.78, 5) is 14.6. The number of hydrogen-bond acceptors (Lipinski definition) is 2. The molecule has 1 saturated heterocycles. The third-order valence-electron chi connectivity index (χ3n) is 5.06. The standard InChI is InChI=1S/C22H28ClN3O/c1-16-11-17(2)13-21(12-16)25-22(27)24-14-18-7-9-26(10-8-18)15-19-3-5-20(23)6-4-19/h3-6,11-13,18H,7-10,14-15H2,1-2H3,(H2,24,25,27). The number of amides is 2. The zero-order valence-electron chi connectivity index (χ0n) is 16.1. The van der Waals surface area contributed by atoms with Crippen LogP contribution in [0.15, 0.2) is 42.5 Å². The molecule has 1 fully saturated rings. The van der Waals surface area contributed by atoms with Gasteiger partial charge in [0.05, 0.1) is 0 Å². The molecule has 2 amide bonds. The fourth-order valence-corrected chi connectivity index (χ4v) is 3.78. The van der Waals surface area contributed by atoms with E-state index in [0.29, 0.717) is 5.92 Å². The average Bonchev–Trinajstić information content (AvgIpc) is 2.62. The maximum absolute atomic E-state index is 12.2. The number of likely N-dealkylation sites (tertiary alicyclic amines) is 1. The van der Waals surface area contributed by atoms with Gasteiger partial charge >= 0.3 is 6.03 Å². The second kappa shape index (κ2) is 9.25. The predicted octanol–water partition coefficient (Wildman–Crippen LogP) is 4.99. The van der Waals surface area contributed by atoms with Gasteiger partial charge in [-0.1, -0.05) is 29.8 Å². The highest BCUT2D eigenvalue weighted by atomic mass is 35.5. The van der Waals surface area contributed by atoms with Crippen LogP contribution in [-0.4, -0.2) is 30.6 Å². The molecule has 1 aliphatic heterocycles. The van der Waals surface area contributed by atoms with E-state index in [1.165, 1.54) is 5.56 Å². The number of anilines is 1. The molecular weight excluding hydrogens is 358 g/mol. The van der Waals surface area contributed by atoms with Gasteiger partial charge in [0, 0.05) is 23.8 Å². The summed E-state index contributed by atoms with van der Waals surface area (Å²) < 4.78 is 0. The van der Waals surface area contributed by atoms with E-state index in [-0.39, 0.29) is 6.03 Å². The molecule has 0 radical (unpaired) electrons. The summed E-state index contributed by atoms with van der Waals surface area (Å²) >= 11 is 5.95. The van der Waals surface area contributed by atoms with Crippen LogP contribution in [0.25, 0.3) is 0 Å². The number of benzene rings is 2. The summed E-state index contributed by atoms with van der Waals surface area (Å²) in [6.07, 6.45) is 2.22. The SMILES string of the molecule is Cc1cc(C)cc(NC(=O)NCC2CCN(Cc3ccc(Cl)cc3)CC2)c1. The topological polar surface area (TPSA) is 44.4 Å². The summed E-state index contributed by atoms with van der Waals surface area (Å²) in [5.41, 5.74) is 4.45. The molecule has 2 aromatic carbocycles. The fourth-order valence-electron chi connectivity index (χ4n) is 3.66. The van der Waals surface area contributed by atoms with Crippen molar-refractivity contribution in [3.8, 4) is 0 Å². The van der Waals surface area contributed by atoms with Crippen molar-refractivity contribution in [3.05, 3.63) is 64.2 Å². The summed E-state index contributed by atoms with van der Waals surface area (Å²) in [6, 6.07) is 14.0. The summed E-state index contributed by atoms with van der Waals surface area (Å²) in [6.45, 7) is 7.89. The lowest BCUT2D eigenvalue weighted by Crippen LogP contribution is -2.39. The van der Waals surface area contributed by atoms with Crippen LogP contribution >= 0.6 is 11.6 Å². The highest BCUT2D eigenvalue weighted by Gasteiger charge is 2.19. The average molecular weight is 386 g/mol. The largest absolute Gasteiger partial charge is 0.338 e. The van der Waals surface area contributed by atoms with Crippen molar-refractivity contribution in [2.45, 2.75) is 33.2 Å². The minimum absolute atomic E-state index is 0.122. The van der Waals surface area contributed by atoms with Gasteiger partial charge in [0.2, 0.25) is 0 Å². The van der Waals surface area contributed by atoms with E-state index in [9.17, 15) is 4.79 Å². The zero-order chi connectivity index (χ0) is 19.2. The van der Waals surface area contributed by atoms with E-state index in [2.05, 4.69) is 33.7 Å². The van der Waals surface area contributed by atoms with Gasteiger partial charge in [0.1, 0.15) is 0 Å². The number of halogens is 1. The van der Waals surface area contributed by atoms with Crippen molar-refractivity contribution in [2.75, 3.05) is 25.0 Å². The van der Waals surface area contributed by atoms with E-state index >= 15 is 0 Å². The van der Waals surface area contributed by atoms with Gasteiger partial charge in [0.15, 0.2) is 0 Å². The van der Waals surface area contributed by atoms with Crippen LogP contribution in [0.5, 0.6) is 0 Å². The van der Waals surface area contributed by atoms with Crippen molar-refractivity contribution in [1.29, 1.82) is 0 Å². The van der Waals surface area contributed by atoms with E-state index in [1.807, 2.05) is 38.1 Å². The number of hydrogen-bond donors (Lipinski definition) is 2. The van der Waals surface area contributed by atoms with Crippen molar-refractivity contribution in [3.63, 3.8) is 0 Å². The Morgan fingerprint density at radius 3 is 2.33 bits per heavy atom. The quantitative estimate of drug-likeness (QED) is 0.761. The van der Waals surface area contributed by atoms with Gasteiger partial charge in [-0.3, -0.25) is 4.90 Å². The molecule has 5 heteroatoms. The lowest BCUT2D eigenvalue weighted by molar-refractivity contribution is 0.176. The van der Waals surface area contributed by atoms with Crippen LogP contribution in [0.1, 0.15) is 29.5 Å². The minimum Gasteiger partial charge on any atom is -0.338 e. The molecule has 0 atom stereocenters. The molecule has 0 aliphatic carbocycles. The lowest BCUT2D eigenvalue weighted by Gasteiger charge is -2.32. The highest BCUT2D eigenvalue weighted by Crippen LogP contribution is 2.19. The maximum Gasteiger partial charge on any atom is 0.319 e. The van der Waals surface area contributed by atoms with Crippen LogP contribution in [0.2, 0.25) is 5.02 Å². The first-order valence-corrected chi connectivity index (χ1v) is 9.96. The van der Waals surface area contributed by atoms with Gasteiger partial charge in [-0.2, -0.15) is 0 Å². The molecule has 0 saturated carbocycles. The molecule has 1 aliphatic rings. The molecule has 27 heavy (non-hydrogen) atoms. The molecule has 3 rings (SSSR count). The Labute approximate surface area is 166 Å². The van der Waals surface area contributed by atoms with E-state index < -0.39 is 0 Å². The molecule has 0 unspecified atom stereocenters. The van der Waals surface area contributed by atoms with Gasteiger partial charge < -0.3 is 10.6 Å². The van der Waals surface area contributed by atoms with Crippen molar-refractivity contribution in [2.24, 2.45) is 5.92 Å². The second-order valence-electron chi connectivity index (χ2n) is 7.56. The number of nitrogens with one attached hydrogen (secondary N) is 2. The Balaban J connectivity index is 1.38. The van der Waals surface area contributed by atoms with E-state index in [0.717, 1.165) is 60.9 Å². The normalized spacial score (nSPS) is 15.5. The van der Waals surface area contributed by atoms with Crippen LogP contribution < -0.4 is 10.6 Å². The Hall–Kier alpha value is -2.04. The van der Waals surface area contributed by atoms with Crippen molar-refractivity contribution >= 4 is 23.3 Å². The first kappa shape index (κ1) is 19.7. The Bertz CT molecular complexity index is 747. The second-order valence-corrected chi connectivity index (χ2v) is 7.99. The van der Waals surface area contributed by atoms with Gasteiger partial charge in [-0.05, 0) is 86.7 Å². The molecule has 0 spiro atoms. The van der Waals surface area contributed by atoms with E-state index in [4.69, 9.17) is 11.6 Å². The third kappa shape index (κ3) is 6.26. The Kier molecular flexibility index (Phi) is 6.75. The maximum atomic E-state index is 12.2. The number of piperidine rings is 1. The van der Waals surface area contributed by atoms with Gasteiger partial charge in [-0.15, -0.1) is 0 Å². The number of carbonyl (C=O) groups is 1. The van der Waals surface area contributed by atoms with Crippen LogP contribution in [0, 0.1) is 19.8 Å². The minimum atomic E-state index is -0.122. The molecule has 2 aromatic rings. The van der Waals surface area contributed by atoms with Gasteiger partial charge in [0.25, 0.3) is 0 Å². The molecule has 1 heterocycles. The van der Waals surface area contributed by atoms with Crippen LogP contribution in [0.3, 0.4) is 0 Å².